The number of hydrogen-bond acceptors (Lipinski definition) is 9. The fourth-order valence-corrected chi connectivity index (χ4v) is 5.62. The number of aliphatic hydroxyl groups excluding tert-OH is 2. The lowest BCUT2D eigenvalue weighted by Gasteiger charge is -2.17. The van der Waals surface area contributed by atoms with Crippen LogP contribution >= 0.6 is 0 Å². The largest absolute Gasteiger partial charge is 0.491 e. The van der Waals surface area contributed by atoms with Crippen LogP contribution in [0.25, 0.3) is 21.9 Å². The number of nitrogens with zero attached hydrogens (tertiary/aromatic N) is 4. The van der Waals surface area contributed by atoms with Crippen molar-refractivity contribution in [2.75, 3.05) is 18.1 Å². The average Bonchev–Trinajstić information content (AvgIpc) is 3.57. The zero-order valence-electron chi connectivity index (χ0n) is 20.0. The van der Waals surface area contributed by atoms with Gasteiger partial charge in [0, 0.05) is 29.0 Å². The van der Waals surface area contributed by atoms with Crippen LogP contribution in [0.15, 0.2) is 36.8 Å². The van der Waals surface area contributed by atoms with Crippen molar-refractivity contribution in [2.24, 2.45) is 0 Å². The van der Waals surface area contributed by atoms with E-state index in [0.717, 1.165) is 40.4 Å². The summed E-state index contributed by atoms with van der Waals surface area (Å²) in [5.74, 6) is 1.35. The summed E-state index contributed by atoms with van der Waals surface area (Å²) in [6.07, 6.45) is 3.97. The Labute approximate surface area is 207 Å². The number of rotatable bonds is 5. The lowest BCUT2D eigenvalue weighted by atomic mass is 9.98. The maximum absolute atomic E-state index is 10.9. The minimum absolute atomic E-state index is 0.0489. The smallest absolute Gasteiger partial charge is 0.164 e. The van der Waals surface area contributed by atoms with Crippen molar-refractivity contribution >= 4 is 33.4 Å². The van der Waals surface area contributed by atoms with E-state index in [2.05, 4.69) is 15.0 Å². The molecule has 0 bridgehead atoms. The van der Waals surface area contributed by atoms with Crippen LogP contribution in [0.4, 0.5) is 11.5 Å². The molecule has 0 unspecified atom stereocenters. The Morgan fingerprint density at radius 1 is 1.11 bits per heavy atom. The predicted octanol–water partition coefficient (Wildman–Crippen LogP) is 2.81. The van der Waals surface area contributed by atoms with Crippen molar-refractivity contribution in [3.05, 3.63) is 48.0 Å². The van der Waals surface area contributed by atoms with Crippen LogP contribution in [0, 0.1) is 6.92 Å². The van der Waals surface area contributed by atoms with Gasteiger partial charge in [-0.1, -0.05) is 12.8 Å². The van der Waals surface area contributed by atoms with Crippen molar-refractivity contribution in [1.82, 2.24) is 19.5 Å². The van der Waals surface area contributed by atoms with Crippen molar-refractivity contribution in [1.29, 1.82) is 0 Å². The molecule has 1 aliphatic heterocycles. The number of nitrogen functional groups attached to an aromatic ring is 2. The molecule has 6 N–H and O–H groups in total. The summed E-state index contributed by atoms with van der Waals surface area (Å²) in [5.41, 5.74) is 16.2. The number of fused-ring (bicyclic) bond motifs is 2. The van der Waals surface area contributed by atoms with Gasteiger partial charge in [0.15, 0.2) is 6.23 Å². The maximum atomic E-state index is 10.9. The minimum Gasteiger partial charge on any atom is -0.491 e. The first-order valence-corrected chi connectivity index (χ1v) is 12.3. The van der Waals surface area contributed by atoms with E-state index in [9.17, 15) is 10.2 Å². The molecule has 4 heterocycles. The molecule has 4 atom stereocenters. The molecule has 0 radical (unpaired) electrons. The number of nitrogens with two attached hydrogens (primary N) is 2. The van der Waals surface area contributed by atoms with Gasteiger partial charge < -0.3 is 35.7 Å². The third-order valence-corrected chi connectivity index (χ3v) is 7.43. The molecule has 0 amide bonds. The highest BCUT2D eigenvalue weighted by molar-refractivity contribution is 5.91. The first-order valence-electron chi connectivity index (χ1n) is 12.3. The van der Waals surface area contributed by atoms with Gasteiger partial charge in [-0.3, -0.25) is 4.98 Å². The van der Waals surface area contributed by atoms with E-state index < -0.39 is 24.5 Å². The van der Waals surface area contributed by atoms with Crippen LogP contribution in [0.1, 0.15) is 49.1 Å². The summed E-state index contributed by atoms with van der Waals surface area (Å²) < 4.78 is 13.9. The normalized spacial score (nSPS) is 24.8. The van der Waals surface area contributed by atoms with E-state index >= 15 is 0 Å². The van der Waals surface area contributed by atoms with E-state index in [1.54, 1.807) is 16.7 Å². The van der Waals surface area contributed by atoms with E-state index in [-0.39, 0.29) is 6.61 Å². The molecule has 2 aliphatic rings. The molecule has 1 aromatic carbocycles. The third-order valence-electron chi connectivity index (χ3n) is 7.43. The second-order valence-electron chi connectivity index (χ2n) is 9.82. The fraction of sp³-hybridized carbons (Fsp3) is 0.423. The number of aromatic nitrogens is 4. The van der Waals surface area contributed by atoms with Gasteiger partial charge >= 0.3 is 0 Å². The van der Waals surface area contributed by atoms with Crippen molar-refractivity contribution in [3.63, 3.8) is 0 Å². The van der Waals surface area contributed by atoms with Gasteiger partial charge in [0.05, 0.1) is 10.9 Å². The quantitative estimate of drug-likeness (QED) is 0.330. The number of ether oxygens (including phenoxy) is 2. The van der Waals surface area contributed by atoms with Crippen LogP contribution < -0.4 is 16.2 Å². The Balaban J connectivity index is 1.25. The molecule has 10 heteroatoms. The van der Waals surface area contributed by atoms with Crippen LogP contribution in [0.5, 0.6) is 5.75 Å². The van der Waals surface area contributed by atoms with Gasteiger partial charge in [-0.25, -0.2) is 9.97 Å². The summed E-state index contributed by atoms with van der Waals surface area (Å²) in [5, 5.41) is 23.4. The second kappa shape index (κ2) is 8.88. The zero-order valence-corrected chi connectivity index (χ0v) is 20.0. The number of aryl methyl sites for hydroxylation is 1. The highest BCUT2D eigenvalue weighted by Crippen LogP contribution is 2.42. The molecule has 2 fully saturated rings. The molecule has 188 valence electrons. The molecular formula is C26H30N6O4. The van der Waals surface area contributed by atoms with E-state index in [4.69, 9.17) is 20.9 Å². The average molecular weight is 491 g/mol. The summed E-state index contributed by atoms with van der Waals surface area (Å²) >= 11 is 0. The summed E-state index contributed by atoms with van der Waals surface area (Å²) in [4.78, 5) is 13.2. The molecular weight excluding hydrogens is 460 g/mol. The minimum atomic E-state index is -1.16. The van der Waals surface area contributed by atoms with E-state index in [1.807, 2.05) is 25.3 Å². The molecule has 1 aliphatic carbocycles. The van der Waals surface area contributed by atoms with Crippen molar-refractivity contribution < 1.29 is 19.7 Å². The molecule has 36 heavy (non-hydrogen) atoms. The van der Waals surface area contributed by atoms with Crippen molar-refractivity contribution in [2.45, 2.75) is 63.1 Å². The highest BCUT2D eigenvalue weighted by Gasteiger charge is 2.45. The number of pyridine rings is 1. The molecule has 1 saturated carbocycles. The van der Waals surface area contributed by atoms with Crippen LogP contribution in [0.3, 0.4) is 0 Å². The van der Waals surface area contributed by atoms with E-state index in [0.29, 0.717) is 28.8 Å². The Kier molecular flexibility index (Phi) is 5.66. The Hall–Kier alpha value is -3.47. The van der Waals surface area contributed by atoms with Gasteiger partial charge in [-0.15, -0.1) is 0 Å². The van der Waals surface area contributed by atoms with Gasteiger partial charge in [0.1, 0.15) is 48.5 Å². The third kappa shape index (κ3) is 3.82. The number of hydrogen-bond donors (Lipinski definition) is 4. The summed E-state index contributed by atoms with van der Waals surface area (Å²) in [7, 11) is 0. The summed E-state index contributed by atoms with van der Waals surface area (Å²) in [6.45, 7) is 1.93. The van der Waals surface area contributed by atoms with Gasteiger partial charge in [-0.2, -0.15) is 0 Å². The fourth-order valence-electron chi connectivity index (χ4n) is 5.62. The molecule has 0 spiro atoms. The van der Waals surface area contributed by atoms with Crippen LogP contribution in [-0.4, -0.2) is 54.7 Å². The van der Waals surface area contributed by atoms with E-state index in [1.165, 1.54) is 19.2 Å². The zero-order chi connectivity index (χ0) is 25.0. The molecule has 10 nitrogen and oxygen atoms in total. The maximum Gasteiger partial charge on any atom is 0.164 e. The number of aliphatic hydroxyl groups is 2. The molecule has 3 aromatic heterocycles. The topological polar surface area (TPSA) is 155 Å². The van der Waals surface area contributed by atoms with Gasteiger partial charge in [-0.05, 0) is 49.4 Å². The first-order chi connectivity index (χ1) is 17.4. The highest BCUT2D eigenvalue weighted by atomic mass is 16.6. The lowest BCUT2D eigenvalue weighted by molar-refractivity contribution is -0.0472. The number of anilines is 2. The SMILES string of the molecule is Cc1cc(N)c2ccc(OC[C@H]3O[C@@H](n4cc(C5CCCC5)c5c(N)ncnc54)[C@H](O)[C@@H]3O)cc2n1. The molecule has 6 rings (SSSR count). The lowest BCUT2D eigenvalue weighted by Crippen LogP contribution is -2.34. The van der Waals surface area contributed by atoms with Crippen LogP contribution in [0.2, 0.25) is 0 Å². The standard InChI is InChI=1S/C26H30N6O4/c1-13-8-18(27)16-7-6-15(9-19(16)31-13)35-11-20-22(33)23(34)26(36-20)32-10-17(14-4-2-3-5-14)21-24(28)29-12-30-25(21)32/h6-10,12,14,20,22-23,26,33-34H,2-5,11H2,1H3,(H2,27,31)(H2,28,29,30)/t20-,22-,23-,26-/m1/s1. The monoisotopic (exact) mass is 490 g/mol. The first kappa shape index (κ1) is 23.0. The summed E-state index contributed by atoms with van der Waals surface area (Å²) in [6, 6.07) is 7.30. The second-order valence-corrected chi connectivity index (χ2v) is 9.82. The number of benzene rings is 1. The van der Waals surface area contributed by atoms with Gasteiger partial charge in [0.25, 0.3) is 0 Å². The van der Waals surface area contributed by atoms with Gasteiger partial charge in [0.2, 0.25) is 0 Å². The molecule has 4 aromatic rings. The Bertz CT molecular complexity index is 1430. The van der Waals surface area contributed by atoms with Crippen molar-refractivity contribution in [3.8, 4) is 5.75 Å². The predicted molar refractivity (Wildman–Crippen MR) is 135 cm³/mol. The van der Waals surface area contributed by atoms with Crippen LogP contribution in [-0.2, 0) is 4.74 Å². The molecule has 1 saturated heterocycles. The Morgan fingerprint density at radius 3 is 2.72 bits per heavy atom. The Morgan fingerprint density at radius 2 is 1.92 bits per heavy atom.